The molecule has 0 spiro atoms. The van der Waals surface area contributed by atoms with Gasteiger partial charge in [0.1, 0.15) is 0 Å². The Morgan fingerprint density at radius 3 is 3.15 bits per heavy atom. The zero-order valence-electron chi connectivity index (χ0n) is 7.16. The zero-order chi connectivity index (χ0) is 9.26. The lowest BCUT2D eigenvalue weighted by atomic mass is 9.95. The number of fused-ring (bicyclic) bond motifs is 1. The normalized spacial score (nSPS) is 20.5. The Hall–Kier alpha value is -1.37. The van der Waals surface area contributed by atoms with Crippen LogP contribution in [0, 0.1) is 11.3 Å². The van der Waals surface area contributed by atoms with Crippen molar-refractivity contribution in [3.8, 4) is 6.07 Å². The summed E-state index contributed by atoms with van der Waals surface area (Å²) in [6.07, 6.45) is 0. The van der Waals surface area contributed by atoms with Gasteiger partial charge in [-0.2, -0.15) is 5.26 Å². The average molecular weight is 174 g/mol. The first-order chi connectivity index (χ1) is 6.33. The molecule has 13 heavy (non-hydrogen) atoms. The summed E-state index contributed by atoms with van der Waals surface area (Å²) >= 11 is 0. The Labute approximate surface area is 76.7 Å². The van der Waals surface area contributed by atoms with Crippen LogP contribution >= 0.6 is 0 Å². The van der Waals surface area contributed by atoms with Crippen LogP contribution in [0.2, 0.25) is 0 Å². The maximum atomic E-state index is 8.87. The van der Waals surface area contributed by atoms with E-state index in [1.165, 1.54) is 0 Å². The van der Waals surface area contributed by atoms with Crippen LogP contribution in [0.4, 0.5) is 0 Å². The molecule has 0 saturated carbocycles. The predicted octanol–water partition coefficient (Wildman–Crippen LogP) is 1.09. The monoisotopic (exact) mass is 174 g/mol. The highest BCUT2D eigenvalue weighted by molar-refractivity contribution is 5.45. The maximum Gasteiger partial charge on any atom is 0.0995 e. The van der Waals surface area contributed by atoms with E-state index in [0.29, 0.717) is 18.8 Å². The highest BCUT2D eigenvalue weighted by Crippen LogP contribution is 2.25. The lowest BCUT2D eigenvalue weighted by Gasteiger charge is -2.23. The van der Waals surface area contributed by atoms with Gasteiger partial charge in [-0.1, -0.05) is 12.1 Å². The van der Waals surface area contributed by atoms with Gasteiger partial charge in [0.2, 0.25) is 0 Å². The molecule has 1 aromatic carbocycles. The van der Waals surface area contributed by atoms with E-state index < -0.39 is 0 Å². The molecule has 0 bridgehead atoms. The maximum absolute atomic E-state index is 8.87. The molecule has 0 aliphatic carbocycles. The van der Waals surface area contributed by atoms with Crippen molar-refractivity contribution in [1.82, 2.24) is 0 Å². The van der Waals surface area contributed by atoms with Crippen LogP contribution in [0.3, 0.4) is 0 Å². The number of ether oxygens (including phenoxy) is 1. The largest absolute Gasteiger partial charge is 0.375 e. The second-order valence-electron chi connectivity index (χ2n) is 3.11. The third kappa shape index (κ3) is 1.31. The topological polar surface area (TPSA) is 59.0 Å². The second kappa shape index (κ2) is 3.17. The first-order valence-corrected chi connectivity index (χ1v) is 4.18. The van der Waals surface area contributed by atoms with Gasteiger partial charge in [0.25, 0.3) is 0 Å². The first kappa shape index (κ1) is 8.24. The summed E-state index contributed by atoms with van der Waals surface area (Å²) < 4.78 is 5.27. The Kier molecular flexibility index (Phi) is 2.01. The summed E-state index contributed by atoms with van der Waals surface area (Å²) in [6.45, 7) is 1.07. The third-order valence-electron chi connectivity index (χ3n) is 2.24. The van der Waals surface area contributed by atoms with Crippen LogP contribution in [0.5, 0.6) is 0 Å². The van der Waals surface area contributed by atoms with Gasteiger partial charge in [-0.05, 0) is 17.2 Å². The zero-order valence-corrected chi connectivity index (χ0v) is 7.16. The van der Waals surface area contributed by atoms with Crippen LogP contribution in [0.15, 0.2) is 18.2 Å². The van der Waals surface area contributed by atoms with Gasteiger partial charge in [-0.25, -0.2) is 0 Å². The molecule has 0 amide bonds. The molecule has 0 saturated heterocycles. The van der Waals surface area contributed by atoms with E-state index in [2.05, 4.69) is 6.07 Å². The molecule has 3 nitrogen and oxygen atoms in total. The van der Waals surface area contributed by atoms with Crippen molar-refractivity contribution in [3.63, 3.8) is 0 Å². The molecule has 3 heteroatoms. The highest BCUT2D eigenvalue weighted by Gasteiger charge is 2.19. The fourth-order valence-electron chi connectivity index (χ4n) is 1.65. The van der Waals surface area contributed by atoms with Crippen LogP contribution in [-0.2, 0) is 11.3 Å². The van der Waals surface area contributed by atoms with E-state index in [4.69, 9.17) is 15.7 Å². The number of rotatable bonds is 0. The van der Waals surface area contributed by atoms with Gasteiger partial charge in [0.15, 0.2) is 0 Å². The number of nitriles is 1. The molecule has 0 unspecified atom stereocenters. The van der Waals surface area contributed by atoms with E-state index in [9.17, 15) is 0 Å². The average Bonchev–Trinajstić information content (AvgIpc) is 2.17. The molecule has 2 rings (SSSR count). The van der Waals surface area contributed by atoms with Gasteiger partial charge < -0.3 is 10.5 Å². The number of hydrogen-bond donors (Lipinski definition) is 1. The number of nitrogens with zero attached hydrogens (tertiary/aromatic N) is 1. The molecule has 0 radical (unpaired) electrons. The fourth-order valence-corrected chi connectivity index (χ4v) is 1.65. The van der Waals surface area contributed by atoms with Gasteiger partial charge in [-0.3, -0.25) is 0 Å². The molecule has 1 aromatic rings. The molecular formula is C10H10N2O. The van der Waals surface area contributed by atoms with Gasteiger partial charge >= 0.3 is 0 Å². The van der Waals surface area contributed by atoms with Crippen molar-refractivity contribution < 1.29 is 4.74 Å². The molecule has 0 fully saturated rings. The van der Waals surface area contributed by atoms with E-state index in [-0.39, 0.29) is 6.04 Å². The van der Waals surface area contributed by atoms with E-state index in [1.54, 1.807) is 6.07 Å². The Morgan fingerprint density at radius 1 is 1.54 bits per heavy atom. The SMILES string of the molecule is N#Cc1cccc2c1[C@H](N)COC2. The van der Waals surface area contributed by atoms with Crippen molar-refractivity contribution in [1.29, 1.82) is 5.26 Å². The Bertz CT molecular complexity index is 368. The van der Waals surface area contributed by atoms with Crippen LogP contribution in [-0.4, -0.2) is 6.61 Å². The standard InChI is InChI=1S/C10H10N2O/c11-4-7-2-1-3-8-5-13-6-9(12)10(7)8/h1-3,9H,5-6,12H2/t9-/m1/s1. The van der Waals surface area contributed by atoms with E-state index in [1.807, 2.05) is 12.1 Å². The van der Waals surface area contributed by atoms with Crippen molar-refractivity contribution in [2.45, 2.75) is 12.6 Å². The van der Waals surface area contributed by atoms with E-state index >= 15 is 0 Å². The lowest BCUT2D eigenvalue weighted by molar-refractivity contribution is 0.0923. The summed E-state index contributed by atoms with van der Waals surface area (Å²) in [6, 6.07) is 7.61. The molecule has 66 valence electrons. The lowest BCUT2D eigenvalue weighted by Crippen LogP contribution is -2.24. The summed E-state index contributed by atoms with van der Waals surface area (Å²) in [5.41, 5.74) is 8.52. The highest BCUT2D eigenvalue weighted by atomic mass is 16.5. The molecule has 0 aromatic heterocycles. The van der Waals surface area contributed by atoms with Crippen LogP contribution in [0.1, 0.15) is 22.7 Å². The number of nitrogens with two attached hydrogens (primary N) is 1. The smallest absolute Gasteiger partial charge is 0.0995 e. The minimum Gasteiger partial charge on any atom is -0.375 e. The molecule has 1 aliphatic rings. The predicted molar refractivity (Wildman–Crippen MR) is 47.7 cm³/mol. The number of hydrogen-bond acceptors (Lipinski definition) is 3. The molecule has 1 aliphatic heterocycles. The summed E-state index contributed by atoms with van der Waals surface area (Å²) in [5, 5.41) is 8.87. The van der Waals surface area contributed by atoms with Crippen molar-refractivity contribution in [2.24, 2.45) is 5.73 Å². The summed E-state index contributed by atoms with van der Waals surface area (Å²) in [7, 11) is 0. The van der Waals surface area contributed by atoms with Crippen LogP contribution in [0.25, 0.3) is 0 Å². The molecule has 2 N–H and O–H groups in total. The van der Waals surface area contributed by atoms with Gasteiger partial charge in [-0.15, -0.1) is 0 Å². The quantitative estimate of drug-likeness (QED) is 0.640. The molecular weight excluding hydrogens is 164 g/mol. The first-order valence-electron chi connectivity index (χ1n) is 4.18. The fraction of sp³-hybridized carbons (Fsp3) is 0.300. The number of benzene rings is 1. The Morgan fingerprint density at radius 2 is 2.38 bits per heavy atom. The molecule has 1 heterocycles. The van der Waals surface area contributed by atoms with Crippen molar-refractivity contribution >= 4 is 0 Å². The van der Waals surface area contributed by atoms with Crippen LogP contribution < -0.4 is 5.73 Å². The third-order valence-corrected chi connectivity index (χ3v) is 2.24. The van der Waals surface area contributed by atoms with Crippen molar-refractivity contribution in [3.05, 3.63) is 34.9 Å². The van der Waals surface area contributed by atoms with Gasteiger partial charge in [0, 0.05) is 0 Å². The minimum absolute atomic E-state index is 0.153. The molecule has 1 atom stereocenters. The Balaban J connectivity index is 2.58. The summed E-state index contributed by atoms with van der Waals surface area (Å²) in [4.78, 5) is 0. The second-order valence-corrected chi connectivity index (χ2v) is 3.11. The van der Waals surface area contributed by atoms with E-state index in [0.717, 1.165) is 11.1 Å². The van der Waals surface area contributed by atoms with Gasteiger partial charge in [0.05, 0.1) is 30.9 Å². The van der Waals surface area contributed by atoms with Crippen molar-refractivity contribution in [2.75, 3.05) is 6.61 Å². The summed E-state index contributed by atoms with van der Waals surface area (Å²) in [5.74, 6) is 0. The minimum atomic E-state index is -0.153.